The molecule has 60 heavy (non-hydrogen) atoms. The molecule has 1 spiro atoms. The Bertz CT molecular complexity index is 2350. The van der Waals surface area contributed by atoms with Gasteiger partial charge >= 0.3 is 0 Å². The van der Waals surface area contributed by atoms with Crippen molar-refractivity contribution in [3.05, 3.63) is 82.5 Å². The first-order valence-corrected chi connectivity index (χ1v) is 22.5. The highest BCUT2D eigenvalue weighted by Crippen LogP contribution is 2.88. The summed E-state index contributed by atoms with van der Waals surface area (Å²) >= 11 is 1.48. The van der Waals surface area contributed by atoms with Gasteiger partial charge in [-0.15, -0.1) is 0 Å². The van der Waals surface area contributed by atoms with Gasteiger partial charge in [0.05, 0.1) is 28.6 Å². The van der Waals surface area contributed by atoms with E-state index in [-0.39, 0.29) is 39.6 Å². The summed E-state index contributed by atoms with van der Waals surface area (Å²) in [6.07, 6.45) is 15.9. The number of likely N-dealkylation sites (N-methyl/N-ethyl adjacent to an activating group) is 1. The normalized spacial score (nSPS) is 31.7. The van der Waals surface area contributed by atoms with Crippen LogP contribution in [-0.4, -0.2) is 97.1 Å². The van der Waals surface area contributed by atoms with Gasteiger partial charge in [-0.25, -0.2) is 9.98 Å². The molecule has 4 heterocycles. The molecule has 0 radical (unpaired) electrons. The van der Waals surface area contributed by atoms with E-state index >= 15 is 0 Å². The van der Waals surface area contributed by atoms with Crippen LogP contribution in [0.25, 0.3) is 15.8 Å². The molecule has 9 rings (SSSR count). The van der Waals surface area contributed by atoms with Crippen LogP contribution in [-0.2, 0) is 11.3 Å². The second kappa shape index (κ2) is 14.8. The Morgan fingerprint density at radius 2 is 1.90 bits per heavy atom. The fourth-order valence-corrected chi connectivity index (χ4v) is 14.0. The molecule has 13 nitrogen and oxygen atoms in total. The van der Waals surface area contributed by atoms with Crippen LogP contribution in [0.3, 0.4) is 0 Å². The van der Waals surface area contributed by atoms with Gasteiger partial charge in [0.15, 0.2) is 0 Å². The van der Waals surface area contributed by atoms with Gasteiger partial charge in [-0.1, -0.05) is 37.3 Å². The van der Waals surface area contributed by atoms with E-state index < -0.39 is 5.95 Å². The van der Waals surface area contributed by atoms with E-state index in [2.05, 4.69) is 52.7 Å². The number of nitrogens with one attached hydrogen (secondary N) is 2. The van der Waals surface area contributed by atoms with Crippen LogP contribution >= 0.6 is 11.3 Å². The topological polar surface area (TPSA) is 181 Å². The average Bonchev–Trinajstić information content (AvgIpc) is 3.86. The maximum atomic E-state index is 10.7. The number of hydrogen-bond acceptors (Lipinski definition) is 11. The highest BCUT2D eigenvalue weighted by atomic mass is 32.1. The first-order chi connectivity index (χ1) is 28.6. The summed E-state index contributed by atoms with van der Waals surface area (Å²) in [5, 5.41) is 48.7. The van der Waals surface area contributed by atoms with E-state index in [1.807, 2.05) is 54.4 Å². The zero-order valence-corrected chi connectivity index (χ0v) is 36.6. The summed E-state index contributed by atoms with van der Waals surface area (Å²) in [7, 11) is 2.16. The first kappa shape index (κ1) is 40.9. The molecule has 14 heteroatoms. The number of amidine groups is 2. The summed E-state index contributed by atoms with van der Waals surface area (Å²) in [6.45, 7) is 13.3. The highest BCUT2D eigenvalue weighted by Gasteiger charge is 2.85. The van der Waals surface area contributed by atoms with Gasteiger partial charge < -0.3 is 40.9 Å². The van der Waals surface area contributed by atoms with E-state index in [1.165, 1.54) is 24.2 Å². The van der Waals surface area contributed by atoms with Crippen molar-refractivity contribution in [1.29, 1.82) is 5.41 Å². The largest absolute Gasteiger partial charge is 0.480 e. The highest BCUT2D eigenvalue weighted by molar-refractivity contribution is 7.22. The smallest absolute Gasteiger partial charge is 0.299 e. The van der Waals surface area contributed by atoms with Gasteiger partial charge in [0.2, 0.25) is 5.13 Å². The van der Waals surface area contributed by atoms with Crippen LogP contribution in [0.2, 0.25) is 0 Å². The van der Waals surface area contributed by atoms with E-state index in [0.29, 0.717) is 41.2 Å². The number of benzene rings is 1. The molecule has 5 fully saturated rings. The van der Waals surface area contributed by atoms with E-state index in [4.69, 9.17) is 15.6 Å². The van der Waals surface area contributed by atoms with Crippen molar-refractivity contribution in [2.45, 2.75) is 104 Å². The minimum Gasteiger partial charge on any atom is -0.480 e. The lowest BCUT2D eigenvalue weighted by molar-refractivity contribution is -0.253. The predicted octanol–water partition coefficient (Wildman–Crippen LogP) is 7.83. The molecule has 0 amide bonds. The van der Waals surface area contributed by atoms with Crippen LogP contribution in [0.1, 0.15) is 96.2 Å². The molecule has 3 aromatic rings. The maximum absolute atomic E-state index is 10.7. The molecule has 2 aliphatic heterocycles. The third-order valence-electron chi connectivity index (χ3n) is 15.2. The second-order valence-corrected chi connectivity index (χ2v) is 20.5. The van der Waals surface area contributed by atoms with Crippen LogP contribution in [0.5, 0.6) is 0 Å². The van der Waals surface area contributed by atoms with Crippen molar-refractivity contribution in [2.24, 2.45) is 32.4 Å². The molecule has 1 saturated heterocycles. The number of rotatable bonds is 14. The first-order valence-electron chi connectivity index (χ1n) is 21.7. The monoisotopic (exact) mass is 835 g/mol. The predicted molar refractivity (Wildman–Crippen MR) is 237 cm³/mol. The number of fused-ring (bicyclic) bond motifs is 3. The molecule has 2 aromatic heterocycles. The van der Waals surface area contributed by atoms with Gasteiger partial charge in [0, 0.05) is 54.1 Å². The van der Waals surface area contributed by atoms with E-state index in [1.54, 1.807) is 0 Å². The summed E-state index contributed by atoms with van der Waals surface area (Å²) < 4.78 is 10.2. The molecule has 3 unspecified atom stereocenters. The fraction of sp³-hybridized carbons (Fsp3) is 0.565. The third kappa shape index (κ3) is 6.60. The number of piperidine rings is 1. The number of thiazole rings is 1. The molecular weight excluding hydrogens is 775 g/mol. The number of para-hydroxylation sites is 1. The zero-order valence-electron chi connectivity index (χ0n) is 35.8. The number of nitrogens with two attached hydrogens (primary N) is 1. The molecule has 6 aliphatic rings. The Morgan fingerprint density at radius 3 is 2.68 bits per heavy atom. The Hall–Kier alpha value is -4.50. The number of aliphatic hydroxyl groups is 3. The molecule has 5 atom stereocenters. The second-order valence-electron chi connectivity index (χ2n) is 19.5. The zero-order chi connectivity index (χ0) is 42.2. The number of ether oxygens (including phenoxy) is 1. The number of dihydropyridines is 1. The van der Waals surface area contributed by atoms with Gasteiger partial charge in [0.25, 0.3) is 5.95 Å². The van der Waals surface area contributed by atoms with Gasteiger partial charge in [-0.2, -0.15) is 5.10 Å². The van der Waals surface area contributed by atoms with Crippen LogP contribution in [0.15, 0.2) is 76.2 Å². The molecular formula is C46H61N9O4S. The lowest BCUT2D eigenvalue weighted by Gasteiger charge is -2.64. The molecule has 320 valence electrons. The van der Waals surface area contributed by atoms with Crippen LogP contribution < -0.4 is 11.1 Å². The minimum atomic E-state index is -0.816. The summed E-state index contributed by atoms with van der Waals surface area (Å²) in [4.78, 5) is 13.4. The number of likely N-dealkylation sites (tertiary alicyclic amines) is 1. The number of nitrogens with zero attached hydrogens (tertiary/aromatic N) is 6. The minimum absolute atomic E-state index is 0.0523. The van der Waals surface area contributed by atoms with Crippen LogP contribution in [0, 0.1) is 34.0 Å². The van der Waals surface area contributed by atoms with Gasteiger partial charge in [0.1, 0.15) is 23.2 Å². The van der Waals surface area contributed by atoms with Crippen molar-refractivity contribution in [2.75, 3.05) is 39.9 Å². The number of aliphatic hydroxyl groups excluding tert-OH is 2. The third-order valence-corrected chi connectivity index (χ3v) is 16.1. The Labute approximate surface area is 356 Å². The number of aliphatic imine (C=N–C) groups is 1. The van der Waals surface area contributed by atoms with Crippen molar-refractivity contribution in [1.82, 2.24) is 29.9 Å². The molecule has 1 aromatic carbocycles. The van der Waals surface area contributed by atoms with E-state index in [9.17, 15) is 20.7 Å². The van der Waals surface area contributed by atoms with Crippen LogP contribution in [0.4, 0.5) is 5.13 Å². The maximum Gasteiger partial charge on any atom is 0.299 e. The van der Waals surface area contributed by atoms with Crippen molar-refractivity contribution in [3.8, 4) is 0 Å². The van der Waals surface area contributed by atoms with Gasteiger partial charge in [-0.05, 0) is 138 Å². The number of aromatic nitrogens is 3. The molecule has 3 bridgehead atoms. The average molecular weight is 836 g/mol. The standard InChI is InChI=1S/C46H61N9O4S/c1-29(38(47)52-41-50-34-12-6-7-13-35(34)60-41)31-11-10-17-54(39(31)48)36-15-14-32(37(51-36)40(57)58)33-21-49-55(30(33)2)28-44-22-42(3)23-45(27-44)43(4,25-44)26-46(45,24-42)59-20-18-53(5)16-8-9-19-56/h6-7,12-15,21,48,51,56-58H,8-11,16-20,22-28H2,1-5H3,(H2,47,50,52)/b31-29-,48-39?/t42-,43-,44?,45?,46?/m1/s1. The number of unbranched alkanes of at least 4 members (excludes halogenated alkanes) is 1. The van der Waals surface area contributed by atoms with Crippen molar-refractivity contribution in [3.63, 3.8) is 0 Å². The summed E-state index contributed by atoms with van der Waals surface area (Å²) in [6, 6.07) is 7.89. The molecule has 7 N–H and O–H groups in total. The number of allylic oxidation sites excluding steroid dienone is 3. The van der Waals surface area contributed by atoms with Crippen molar-refractivity contribution < 1.29 is 20.1 Å². The number of hydrogen-bond donors (Lipinski definition) is 6. The Morgan fingerprint density at radius 1 is 1.08 bits per heavy atom. The lowest BCUT2D eigenvalue weighted by Crippen LogP contribution is -2.65. The molecule has 4 saturated carbocycles. The van der Waals surface area contributed by atoms with Crippen molar-refractivity contribution >= 4 is 43.9 Å². The Kier molecular flexibility index (Phi) is 10.1. The molecule has 4 aliphatic carbocycles. The van der Waals surface area contributed by atoms with E-state index in [0.717, 1.165) is 104 Å². The summed E-state index contributed by atoms with van der Waals surface area (Å²) in [5.74, 6) is 0.385. The lowest BCUT2D eigenvalue weighted by atomic mass is 9.44. The summed E-state index contributed by atoms with van der Waals surface area (Å²) in [5.41, 5.74) is 12.3. The Balaban J connectivity index is 0.924. The SMILES string of the molecule is CC(=C1\CCCN(C2=CC=C(c3cnn(CC45CC67C[C@@](C)(C4)CC6(OCCN(C)CCCCO)C[C@@]7(C)C5)c3C)C(=C(O)O)N2)C1=N)/C(N)=N\c1nc2ccccc2s1. The fourth-order valence-electron chi connectivity index (χ4n) is 13.2. The quantitative estimate of drug-likeness (QED) is 0.0405. The van der Waals surface area contributed by atoms with Gasteiger partial charge in [-0.3, -0.25) is 10.1 Å².